The lowest BCUT2D eigenvalue weighted by Crippen LogP contribution is -2.54. The van der Waals surface area contributed by atoms with Crippen LogP contribution in [-0.2, 0) is 16.0 Å². The molecule has 2 heterocycles. The minimum Gasteiger partial charge on any atom is -0.326 e. The lowest BCUT2D eigenvalue weighted by atomic mass is 9.48. The molecule has 34 heavy (non-hydrogen) atoms. The molecule has 2 unspecified atom stereocenters. The molecule has 1 aliphatic heterocycles. The largest absolute Gasteiger partial charge is 0.326 e. The van der Waals surface area contributed by atoms with Crippen molar-refractivity contribution in [3.63, 3.8) is 0 Å². The number of pyridine rings is 1. The normalized spacial score (nSPS) is 37.2. The highest BCUT2D eigenvalue weighted by molar-refractivity contribution is 5.90. The van der Waals surface area contributed by atoms with Crippen molar-refractivity contribution >= 4 is 17.5 Å². The van der Waals surface area contributed by atoms with Crippen LogP contribution in [0, 0.1) is 34.5 Å². The van der Waals surface area contributed by atoms with E-state index in [0.29, 0.717) is 36.5 Å². The van der Waals surface area contributed by atoms with Crippen molar-refractivity contribution in [2.75, 3.05) is 12.4 Å². The summed E-state index contributed by atoms with van der Waals surface area (Å²) in [6.45, 7) is 9.27. The summed E-state index contributed by atoms with van der Waals surface area (Å²) in [5.41, 5.74) is 4.97. The van der Waals surface area contributed by atoms with Gasteiger partial charge < -0.3 is 10.2 Å². The van der Waals surface area contributed by atoms with Gasteiger partial charge in [0.05, 0.1) is 0 Å². The van der Waals surface area contributed by atoms with Crippen molar-refractivity contribution < 1.29 is 9.59 Å². The van der Waals surface area contributed by atoms with Crippen LogP contribution in [-0.4, -0.2) is 28.7 Å². The molecule has 3 fully saturated rings. The number of aromatic nitrogens is 1. The Morgan fingerprint density at radius 2 is 2.00 bits per heavy atom. The Morgan fingerprint density at radius 1 is 1.21 bits per heavy atom. The molecule has 184 valence electrons. The summed E-state index contributed by atoms with van der Waals surface area (Å²) in [6.07, 6.45) is 10.8. The van der Waals surface area contributed by atoms with E-state index in [1.54, 1.807) is 6.20 Å². The van der Waals surface area contributed by atoms with Crippen molar-refractivity contribution in [2.24, 2.45) is 34.5 Å². The van der Waals surface area contributed by atoms with Gasteiger partial charge in [-0.05, 0) is 93.1 Å². The predicted molar refractivity (Wildman–Crippen MR) is 135 cm³/mol. The number of amides is 2. The molecule has 0 aromatic carbocycles. The smallest absolute Gasteiger partial charge is 0.226 e. The van der Waals surface area contributed by atoms with Gasteiger partial charge in [0.25, 0.3) is 0 Å². The first kappa shape index (κ1) is 23.6. The second kappa shape index (κ2) is 8.49. The van der Waals surface area contributed by atoms with Gasteiger partial charge in [-0.3, -0.25) is 14.6 Å². The Hall–Kier alpha value is -2.17. The first-order valence-electron chi connectivity index (χ1n) is 13.4. The highest BCUT2D eigenvalue weighted by atomic mass is 16.2. The van der Waals surface area contributed by atoms with E-state index in [0.717, 1.165) is 37.1 Å². The highest BCUT2D eigenvalue weighted by Crippen LogP contribution is 2.67. The average molecular weight is 464 g/mol. The summed E-state index contributed by atoms with van der Waals surface area (Å²) in [6, 6.07) is 3.88. The molecule has 0 radical (unpaired) electrons. The van der Waals surface area contributed by atoms with Gasteiger partial charge in [0, 0.05) is 48.6 Å². The topological polar surface area (TPSA) is 62.3 Å². The Bertz CT molecular complexity index is 1030. The minimum atomic E-state index is 0.116. The number of nitrogens with zero attached hydrogens (tertiary/aromatic N) is 2. The standard InChI is InChI=1S/C29H41N3O2/c1-6-20-17-21(11-14-30-20)31-25(33)16-19-7-8-23-22-15-18(2)27-29(4,13-10-26(34)32(27)5)24(22)9-12-28(19,23)3/h11,14,17,19,22-24H,6-10,12-13,15-16H2,1-5H3,(H,30,31,33)/t19-,22?,23+,24?,28-,29-/m1/s1. The van der Waals surface area contributed by atoms with E-state index in [-0.39, 0.29) is 22.6 Å². The molecule has 5 nitrogen and oxygen atoms in total. The molecule has 6 atom stereocenters. The summed E-state index contributed by atoms with van der Waals surface area (Å²) in [5.74, 6) is 2.86. The van der Waals surface area contributed by atoms with Crippen molar-refractivity contribution in [2.45, 2.75) is 85.5 Å². The summed E-state index contributed by atoms with van der Waals surface area (Å²) >= 11 is 0. The fraction of sp³-hybridized carbons (Fsp3) is 0.690. The van der Waals surface area contributed by atoms with E-state index in [1.165, 1.54) is 30.5 Å². The lowest BCUT2D eigenvalue weighted by Gasteiger charge is -2.59. The second-order valence-corrected chi connectivity index (χ2v) is 12.0. The number of carbonyl (C=O) groups is 2. The molecule has 5 heteroatoms. The molecule has 0 spiro atoms. The molecular formula is C29H41N3O2. The Labute approximate surface area is 204 Å². The van der Waals surface area contributed by atoms with E-state index in [4.69, 9.17) is 0 Å². The zero-order valence-corrected chi connectivity index (χ0v) is 21.6. The molecule has 1 N–H and O–H groups in total. The number of likely N-dealkylation sites (tertiary alicyclic amines) is 1. The van der Waals surface area contributed by atoms with Gasteiger partial charge >= 0.3 is 0 Å². The van der Waals surface area contributed by atoms with Crippen LogP contribution in [0.5, 0.6) is 0 Å². The van der Waals surface area contributed by atoms with Crippen LogP contribution in [0.25, 0.3) is 0 Å². The maximum Gasteiger partial charge on any atom is 0.226 e. The maximum absolute atomic E-state index is 13.0. The van der Waals surface area contributed by atoms with E-state index < -0.39 is 0 Å². The van der Waals surface area contributed by atoms with Crippen molar-refractivity contribution in [3.8, 4) is 0 Å². The van der Waals surface area contributed by atoms with Gasteiger partial charge in [-0.15, -0.1) is 0 Å². The van der Waals surface area contributed by atoms with Crippen LogP contribution in [0.4, 0.5) is 5.69 Å². The fourth-order valence-corrected chi connectivity index (χ4v) is 8.74. The molecule has 1 saturated heterocycles. The van der Waals surface area contributed by atoms with E-state index in [1.807, 2.05) is 24.1 Å². The van der Waals surface area contributed by atoms with E-state index in [2.05, 4.69) is 38.0 Å². The number of anilines is 1. The van der Waals surface area contributed by atoms with Gasteiger partial charge in [-0.2, -0.15) is 0 Å². The monoisotopic (exact) mass is 463 g/mol. The van der Waals surface area contributed by atoms with Crippen LogP contribution in [0.15, 0.2) is 29.6 Å². The molecule has 5 rings (SSSR count). The van der Waals surface area contributed by atoms with Crippen LogP contribution < -0.4 is 5.32 Å². The van der Waals surface area contributed by atoms with Crippen LogP contribution in [0.2, 0.25) is 0 Å². The van der Waals surface area contributed by atoms with Crippen molar-refractivity contribution in [1.29, 1.82) is 0 Å². The molecule has 1 aromatic rings. The first-order chi connectivity index (χ1) is 16.2. The number of nitrogens with one attached hydrogen (secondary N) is 1. The number of hydrogen-bond acceptors (Lipinski definition) is 3. The Kier molecular flexibility index (Phi) is 5.89. The van der Waals surface area contributed by atoms with Crippen LogP contribution in [0.1, 0.15) is 84.8 Å². The maximum atomic E-state index is 13.0. The lowest BCUT2D eigenvalue weighted by molar-refractivity contribution is -0.136. The number of piperidine rings is 1. The van der Waals surface area contributed by atoms with Gasteiger partial charge in [-0.25, -0.2) is 0 Å². The fourth-order valence-electron chi connectivity index (χ4n) is 8.74. The van der Waals surface area contributed by atoms with Crippen molar-refractivity contribution in [3.05, 3.63) is 35.3 Å². The zero-order valence-electron chi connectivity index (χ0n) is 21.6. The quantitative estimate of drug-likeness (QED) is 0.598. The SMILES string of the molecule is CCc1cc(NC(=O)C[C@H]2CC[C@H]3C4CC(C)=C5N(C)C(=O)CC[C@]5(C)C4CC[C@]23C)ccn1. The van der Waals surface area contributed by atoms with Crippen LogP contribution in [0.3, 0.4) is 0 Å². The third kappa shape index (κ3) is 3.61. The van der Waals surface area contributed by atoms with Crippen LogP contribution >= 0.6 is 0 Å². The molecule has 4 aliphatic rings. The second-order valence-electron chi connectivity index (χ2n) is 12.0. The molecule has 2 saturated carbocycles. The number of aryl methyl sites for hydroxylation is 1. The summed E-state index contributed by atoms with van der Waals surface area (Å²) in [5, 5.41) is 3.15. The first-order valence-corrected chi connectivity index (χ1v) is 13.4. The van der Waals surface area contributed by atoms with Gasteiger partial charge in [0.2, 0.25) is 11.8 Å². The van der Waals surface area contributed by atoms with Gasteiger partial charge in [0.15, 0.2) is 0 Å². The van der Waals surface area contributed by atoms with Crippen molar-refractivity contribution in [1.82, 2.24) is 9.88 Å². The summed E-state index contributed by atoms with van der Waals surface area (Å²) in [4.78, 5) is 31.9. The molecule has 2 amide bonds. The summed E-state index contributed by atoms with van der Waals surface area (Å²) in [7, 11) is 1.99. The zero-order chi connectivity index (χ0) is 24.3. The van der Waals surface area contributed by atoms with Gasteiger partial charge in [-0.1, -0.05) is 26.3 Å². The Balaban J connectivity index is 1.34. The number of carbonyl (C=O) groups excluding carboxylic acids is 2. The third-order valence-corrected chi connectivity index (χ3v) is 10.4. The number of fused-ring (bicyclic) bond motifs is 5. The van der Waals surface area contributed by atoms with E-state index in [9.17, 15) is 9.59 Å². The highest BCUT2D eigenvalue weighted by Gasteiger charge is 2.60. The number of allylic oxidation sites excluding steroid dienone is 2. The Morgan fingerprint density at radius 3 is 2.76 bits per heavy atom. The molecule has 1 aromatic heterocycles. The predicted octanol–water partition coefficient (Wildman–Crippen LogP) is 5.97. The summed E-state index contributed by atoms with van der Waals surface area (Å²) < 4.78 is 0. The average Bonchev–Trinajstić information content (AvgIpc) is 3.13. The molecular weight excluding hydrogens is 422 g/mol. The third-order valence-electron chi connectivity index (χ3n) is 10.4. The number of hydrogen-bond donors (Lipinski definition) is 1. The molecule has 0 bridgehead atoms. The van der Waals surface area contributed by atoms with E-state index >= 15 is 0 Å². The minimum absolute atomic E-state index is 0.116. The van der Waals surface area contributed by atoms with Gasteiger partial charge in [0.1, 0.15) is 0 Å². The molecule has 3 aliphatic carbocycles. The number of rotatable bonds is 4.